The minimum atomic E-state index is -0.393. The monoisotopic (exact) mass is 265 g/mol. The Balaban J connectivity index is 2.21. The second-order valence-corrected chi connectivity index (χ2v) is 4.53. The van der Waals surface area contributed by atoms with Gasteiger partial charge >= 0.3 is 0 Å². The molecule has 5 heteroatoms. The van der Waals surface area contributed by atoms with Crippen LogP contribution >= 0.6 is 11.3 Å². The van der Waals surface area contributed by atoms with Gasteiger partial charge < -0.3 is 9.94 Å². The van der Waals surface area contributed by atoms with Crippen LogP contribution in [0.15, 0.2) is 40.2 Å². The van der Waals surface area contributed by atoms with Gasteiger partial charge in [-0.3, -0.25) is 0 Å². The molecule has 0 unspecified atom stereocenters. The van der Waals surface area contributed by atoms with E-state index in [0.717, 1.165) is 5.56 Å². The molecular formula is C13H12FNO2S. The smallest absolute Gasteiger partial charge is 0.129 e. The molecule has 0 aliphatic heterocycles. The molecule has 1 aromatic heterocycles. The minimum absolute atomic E-state index is 0.315. The molecule has 94 valence electrons. The molecule has 0 saturated heterocycles. The van der Waals surface area contributed by atoms with Crippen molar-refractivity contribution >= 4 is 17.0 Å². The molecular weight excluding hydrogens is 253 g/mol. The fourth-order valence-corrected chi connectivity index (χ4v) is 2.15. The lowest BCUT2D eigenvalue weighted by molar-refractivity contribution is 0.303. The number of rotatable bonds is 4. The predicted molar refractivity (Wildman–Crippen MR) is 69.0 cm³/mol. The highest BCUT2D eigenvalue weighted by molar-refractivity contribution is 7.07. The maximum atomic E-state index is 13.2. The van der Waals surface area contributed by atoms with Crippen molar-refractivity contribution in [1.29, 1.82) is 0 Å². The Morgan fingerprint density at radius 3 is 2.94 bits per heavy atom. The molecule has 3 nitrogen and oxygen atoms in total. The quantitative estimate of drug-likeness (QED) is 0.520. The highest BCUT2D eigenvalue weighted by Gasteiger charge is 2.09. The Labute approximate surface area is 108 Å². The number of ether oxygens (including phenoxy) is 1. The van der Waals surface area contributed by atoms with Gasteiger partial charge in [0.2, 0.25) is 0 Å². The highest BCUT2D eigenvalue weighted by Crippen LogP contribution is 2.22. The summed E-state index contributed by atoms with van der Waals surface area (Å²) in [5.41, 5.74) is 1.82. The molecule has 18 heavy (non-hydrogen) atoms. The predicted octanol–water partition coefficient (Wildman–Crippen LogP) is 3.66. The largest absolute Gasteiger partial charge is 0.488 e. The highest BCUT2D eigenvalue weighted by atomic mass is 32.1. The lowest BCUT2D eigenvalue weighted by Crippen LogP contribution is -2.02. The summed E-state index contributed by atoms with van der Waals surface area (Å²) in [6, 6.07) is 6.10. The van der Waals surface area contributed by atoms with Gasteiger partial charge in [0.1, 0.15) is 18.2 Å². The molecule has 0 aliphatic carbocycles. The van der Waals surface area contributed by atoms with E-state index >= 15 is 0 Å². The van der Waals surface area contributed by atoms with Crippen LogP contribution in [-0.2, 0) is 6.61 Å². The summed E-state index contributed by atoms with van der Waals surface area (Å²) in [6.07, 6.45) is 0. The van der Waals surface area contributed by atoms with Gasteiger partial charge in [0.15, 0.2) is 0 Å². The molecule has 2 aromatic rings. The second kappa shape index (κ2) is 5.64. The maximum Gasteiger partial charge on any atom is 0.129 e. The normalized spacial score (nSPS) is 11.6. The zero-order chi connectivity index (χ0) is 13.0. The summed E-state index contributed by atoms with van der Waals surface area (Å²) < 4.78 is 18.8. The maximum absolute atomic E-state index is 13.2. The van der Waals surface area contributed by atoms with Crippen molar-refractivity contribution in [3.63, 3.8) is 0 Å². The zero-order valence-corrected chi connectivity index (χ0v) is 10.6. The van der Waals surface area contributed by atoms with Gasteiger partial charge in [0.05, 0.1) is 5.71 Å². The molecule has 2 rings (SSSR count). The number of nitrogens with zero attached hydrogens (tertiary/aromatic N) is 1. The van der Waals surface area contributed by atoms with Gasteiger partial charge in [-0.1, -0.05) is 5.16 Å². The third-order valence-corrected chi connectivity index (χ3v) is 3.19. The number of benzene rings is 1. The Morgan fingerprint density at radius 2 is 2.28 bits per heavy atom. The van der Waals surface area contributed by atoms with E-state index in [1.54, 1.807) is 18.3 Å². The molecule has 1 heterocycles. The van der Waals surface area contributed by atoms with Gasteiger partial charge in [-0.05, 0) is 47.5 Å². The molecule has 0 saturated carbocycles. The van der Waals surface area contributed by atoms with Crippen LogP contribution in [0.3, 0.4) is 0 Å². The van der Waals surface area contributed by atoms with Crippen molar-refractivity contribution in [3.8, 4) is 5.75 Å². The van der Waals surface area contributed by atoms with Crippen molar-refractivity contribution in [3.05, 3.63) is 52.0 Å². The van der Waals surface area contributed by atoms with E-state index in [1.807, 2.05) is 16.8 Å². The molecule has 0 bridgehead atoms. The SMILES string of the molecule is CC(=NO)c1cc(F)ccc1OCc1ccsc1. The van der Waals surface area contributed by atoms with Crippen LogP contribution < -0.4 is 4.74 Å². The van der Waals surface area contributed by atoms with Crippen LogP contribution in [0.5, 0.6) is 5.75 Å². The topological polar surface area (TPSA) is 41.8 Å². The summed E-state index contributed by atoms with van der Waals surface area (Å²) >= 11 is 1.59. The number of hydrogen-bond donors (Lipinski definition) is 1. The molecule has 0 atom stereocenters. The summed E-state index contributed by atoms with van der Waals surface area (Å²) in [4.78, 5) is 0. The number of thiophene rings is 1. The molecule has 0 radical (unpaired) electrons. The average Bonchev–Trinajstić information content (AvgIpc) is 2.89. The van der Waals surface area contributed by atoms with Crippen LogP contribution in [0.25, 0.3) is 0 Å². The third-order valence-electron chi connectivity index (χ3n) is 2.46. The fourth-order valence-electron chi connectivity index (χ4n) is 1.50. The van der Waals surface area contributed by atoms with Crippen molar-refractivity contribution in [2.75, 3.05) is 0 Å². The minimum Gasteiger partial charge on any atom is -0.488 e. The molecule has 1 aromatic carbocycles. The van der Waals surface area contributed by atoms with E-state index in [4.69, 9.17) is 9.94 Å². The summed E-state index contributed by atoms with van der Waals surface area (Å²) in [7, 11) is 0. The van der Waals surface area contributed by atoms with Crippen LogP contribution in [0, 0.1) is 5.82 Å². The third kappa shape index (κ3) is 2.87. The van der Waals surface area contributed by atoms with E-state index in [-0.39, 0.29) is 0 Å². The van der Waals surface area contributed by atoms with Gasteiger partial charge in [-0.25, -0.2) is 4.39 Å². The van der Waals surface area contributed by atoms with Crippen LogP contribution in [0.2, 0.25) is 0 Å². The van der Waals surface area contributed by atoms with Crippen LogP contribution in [-0.4, -0.2) is 10.9 Å². The fraction of sp³-hybridized carbons (Fsp3) is 0.154. The first-order valence-electron chi connectivity index (χ1n) is 5.33. The first-order chi connectivity index (χ1) is 8.70. The standard InChI is InChI=1S/C13H12FNO2S/c1-9(15-16)12-6-11(14)2-3-13(12)17-7-10-4-5-18-8-10/h2-6,8,16H,7H2,1H3. The Morgan fingerprint density at radius 1 is 1.44 bits per heavy atom. The number of oxime groups is 1. The molecule has 1 N–H and O–H groups in total. The van der Waals surface area contributed by atoms with Crippen molar-refractivity contribution in [1.82, 2.24) is 0 Å². The van der Waals surface area contributed by atoms with Crippen molar-refractivity contribution < 1.29 is 14.3 Å². The first kappa shape index (κ1) is 12.6. The lowest BCUT2D eigenvalue weighted by atomic mass is 10.1. The van der Waals surface area contributed by atoms with E-state index < -0.39 is 5.82 Å². The van der Waals surface area contributed by atoms with E-state index in [1.165, 1.54) is 18.2 Å². The van der Waals surface area contributed by atoms with E-state index in [2.05, 4.69) is 5.16 Å². The summed E-state index contributed by atoms with van der Waals surface area (Å²) in [6.45, 7) is 1.99. The van der Waals surface area contributed by atoms with Gasteiger partial charge in [-0.2, -0.15) is 11.3 Å². The Kier molecular flexibility index (Phi) is 3.94. The Bertz CT molecular complexity index is 552. The molecule has 0 aliphatic rings. The van der Waals surface area contributed by atoms with Crippen molar-refractivity contribution in [2.24, 2.45) is 5.16 Å². The van der Waals surface area contributed by atoms with Crippen LogP contribution in [0.1, 0.15) is 18.1 Å². The zero-order valence-electron chi connectivity index (χ0n) is 9.76. The lowest BCUT2D eigenvalue weighted by Gasteiger charge is -2.10. The number of halogens is 1. The molecule has 0 spiro atoms. The molecule has 0 fully saturated rings. The Hall–Kier alpha value is -1.88. The first-order valence-corrected chi connectivity index (χ1v) is 6.27. The summed E-state index contributed by atoms with van der Waals surface area (Å²) in [5.74, 6) is 0.105. The van der Waals surface area contributed by atoms with Gasteiger partial charge in [0.25, 0.3) is 0 Å². The van der Waals surface area contributed by atoms with Crippen molar-refractivity contribution in [2.45, 2.75) is 13.5 Å². The molecule has 0 amide bonds. The van der Waals surface area contributed by atoms with Gasteiger partial charge in [-0.15, -0.1) is 0 Å². The van der Waals surface area contributed by atoms with E-state index in [0.29, 0.717) is 23.6 Å². The van der Waals surface area contributed by atoms with Crippen LogP contribution in [0.4, 0.5) is 4.39 Å². The van der Waals surface area contributed by atoms with Gasteiger partial charge in [0, 0.05) is 5.56 Å². The second-order valence-electron chi connectivity index (χ2n) is 3.75. The average molecular weight is 265 g/mol. The van der Waals surface area contributed by atoms with E-state index in [9.17, 15) is 4.39 Å². The number of hydrogen-bond acceptors (Lipinski definition) is 4. The summed E-state index contributed by atoms with van der Waals surface area (Å²) in [5, 5.41) is 15.8.